The van der Waals surface area contributed by atoms with Crippen LogP contribution >= 0.6 is 11.6 Å². The summed E-state index contributed by atoms with van der Waals surface area (Å²) in [6.07, 6.45) is 1.23. The standard InChI is InChI=1S/C20H17ClF2N2O4/c21-13-3-1-12(2-4-13)20(7-8-20)19(28)29-11-18(27)24-10-17(26)25-14-5-6-15(22)16(23)9-14/h1-6,9H,7-8,10-11H2,(H,24,27)(H,25,26). The summed E-state index contributed by atoms with van der Waals surface area (Å²) in [6.45, 7) is -0.954. The first kappa shape index (κ1) is 20.7. The van der Waals surface area contributed by atoms with Crippen LogP contribution in [0.1, 0.15) is 18.4 Å². The number of hydrogen-bond donors (Lipinski definition) is 2. The number of amides is 2. The van der Waals surface area contributed by atoms with Crippen LogP contribution < -0.4 is 10.6 Å². The lowest BCUT2D eigenvalue weighted by Gasteiger charge is -2.15. The van der Waals surface area contributed by atoms with Crippen molar-refractivity contribution in [3.05, 3.63) is 64.7 Å². The van der Waals surface area contributed by atoms with Gasteiger partial charge in [-0.05, 0) is 42.7 Å². The predicted octanol–water partition coefficient (Wildman–Crippen LogP) is 2.95. The highest BCUT2D eigenvalue weighted by Crippen LogP contribution is 2.49. The van der Waals surface area contributed by atoms with Gasteiger partial charge in [-0.15, -0.1) is 0 Å². The van der Waals surface area contributed by atoms with Crippen LogP contribution in [0.25, 0.3) is 0 Å². The van der Waals surface area contributed by atoms with E-state index in [0.29, 0.717) is 17.9 Å². The van der Waals surface area contributed by atoms with E-state index in [9.17, 15) is 23.2 Å². The van der Waals surface area contributed by atoms with Gasteiger partial charge in [0.15, 0.2) is 18.2 Å². The van der Waals surface area contributed by atoms with Gasteiger partial charge in [0.05, 0.1) is 12.0 Å². The molecule has 1 aliphatic carbocycles. The van der Waals surface area contributed by atoms with Crippen LogP contribution in [0.5, 0.6) is 0 Å². The average molecular weight is 423 g/mol. The second-order valence-corrected chi connectivity index (χ2v) is 7.06. The lowest BCUT2D eigenvalue weighted by molar-refractivity contribution is -0.151. The molecule has 29 heavy (non-hydrogen) atoms. The minimum absolute atomic E-state index is 0.0493. The molecule has 0 saturated heterocycles. The SMILES string of the molecule is O=C(COC(=O)C1(c2ccc(Cl)cc2)CC1)NCC(=O)Nc1ccc(F)c(F)c1. The fraction of sp³-hybridized carbons (Fsp3) is 0.250. The molecule has 0 heterocycles. The van der Waals surface area contributed by atoms with E-state index < -0.39 is 48.0 Å². The van der Waals surface area contributed by atoms with E-state index >= 15 is 0 Å². The van der Waals surface area contributed by atoms with E-state index in [-0.39, 0.29) is 5.69 Å². The Labute approximate surface area is 170 Å². The minimum atomic E-state index is -1.10. The van der Waals surface area contributed by atoms with E-state index in [0.717, 1.165) is 17.7 Å². The number of ether oxygens (including phenoxy) is 1. The van der Waals surface area contributed by atoms with Crippen molar-refractivity contribution in [1.82, 2.24) is 5.32 Å². The van der Waals surface area contributed by atoms with E-state index in [1.807, 2.05) is 0 Å². The van der Waals surface area contributed by atoms with Crippen molar-refractivity contribution in [2.45, 2.75) is 18.3 Å². The number of rotatable bonds is 7. The molecule has 0 aliphatic heterocycles. The van der Waals surface area contributed by atoms with Gasteiger partial charge in [0, 0.05) is 16.8 Å². The fourth-order valence-corrected chi connectivity index (χ4v) is 2.91. The van der Waals surface area contributed by atoms with Gasteiger partial charge in [-0.1, -0.05) is 23.7 Å². The molecule has 9 heteroatoms. The van der Waals surface area contributed by atoms with Crippen molar-refractivity contribution in [2.75, 3.05) is 18.5 Å². The van der Waals surface area contributed by atoms with E-state index in [4.69, 9.17) is 16.3 Å². The fourth-order valence-electron chi connectivity index (χ4n) is 2.78. The monoisotopic (exact) mass is 422 g/mol. The van der Waals surface area contributed by atoms with Crippen LogP contribution in [0.3, 0.4) is 0 Å². The highest BCUT2D eigenvalue weighted by molar-refractivity contribution is 6.30. The highest BCUT2D eigenvalue weighted by Gasteiger charge is 2.52. The molecule has 0 radical (unpaired) electrons. The zero-order valence-electron chi connectivity index (χ0n) is 15.1. The molecule has 2 aromatic rings. The van der Waals surface area contributed by atoms with Crippen molar-refractivity contribution in [3.63, 3.8) is 0 Å². The molecule has 0 unspecified atom stereocenters. The molecule has 1 fully saturated rings. The Bertz CT molecular complexity index is 946. The molecule has 6 nitrogen and oxygen atoms in total. The second-order valence-electron chi connectivity index (χ2n) is 6.62. The largest absolute Gasteiger partial charge is 0.455 e. The summed E-state index contributed by atoms with van der Waals surface area (Å²) in [6, 6.07) is 9.75. The molecule has 0 atom stereocenters. The van der Waals surface area contributed by atoms with Crippen LogP contribution in [-0.2, 0) is 24.5 Å². The van der Waals surface area contributed by atoms with Crippen molar-refractivity contribution in [1.29, 1.82) is 0 Å². The molecule has 3 rings (SSSR count). The third-order valence-corrected chi connectivity index (χ3v) is 4.77. The molecule has 2 N–H and O–H groups in total. The third-order valence-electron chi connectivity index (χ3n) is 4.52. The van der Waals surface area contributed by atoms with Gasteiger partial charge in [-0.2, -0.15) is 0 Å². The van der Waals surface area contributed by atoms with Gasteiger partial charge in [0.1, 0.15) is 0 Å². The average Bonchev–Trinajstić information content (AvgIpc) is 3.50. The molecule has 0 spiro atoms. The summed E-state index contributed by atoms with van der Waals surface area (Å²) in [4.78, 5) is 36.0. The van der Waals surface area contributed by atoms with Crippen LogP contribution in [0.4, 0.5) is 14.5 Å². The summed E-state index contributed by atoms with van der Waals surface area (Å²) in [7, 11) is 0. The van der Waals surface area contributed by atoms with Crippen molar-refractivity contribution in [3.8, 4) is 0 Å². The lowest BCUT2D eigenvalue weighted by atomic mass is 9.96. The van der Waals surface area contributed by atoms with Gasteiger partial charge in [0.2, 0.25) is 5.91 Å². The Kier molecular flexibility index (Phi) is 6.12. The van der Waals surface area contributed by atoms with Crippen LogP contribution in [-0.4, -0.2) is 30.9 Å². The zero-order chi connectivity index (χ0) is 21.0. The normalized spacial score (nSPS) is 14.0. The molecule has 2 amide bonds. The van der Waals surface area contributed by atoms with Crippen LogP contribution in [0.2, 0.25) is 5.02 Å². The number of carbonyl (C=O) groups excluding carboxylic acids is 3. The molecule has 0 aromatic heterocycles. The Balaban J connectivity index is 1.43. The Morgan fingerprint density at radius 3 is 2.31 bits per heavy atom. The van der Waals surface area contributed by atoms with Gasteiger partial charge in [0.25, 0.3) is 5.91 Å². The Morgan fingerprint density at radius 2 is 1.69 bits per heavy atom. The smallest absolute Gasteiger partial charge is 0.317 e. The van der Waals surface area contributed by atoms with Gasteiger partial charge < -0.3 is 15.4 Å². The second kappa shape index (κ2) is 8.57. The van der Waals surface area contributed by atoms with Crippen molar-refractivity contribution in [2.24, 2.45) is 0 Å². The summed E-state index contributed by atoms with van der Waals surface area (Å²) in [5.41, 5.74) is 0.0703. The van der Waals surface area contributed by atoms with E-state index in [2.05, 4.69) is 10.6 Å². The Morgan fingerprint density at radius 1 is 1.00 bits per heavy atom. The zero-order valence-corrected chi connectivity index (χ0v) is 15.9. The number of hydrogen-bond acceptors (Lipinski definition) is 4. The van der Waals surface area contributed by atoms with Gasteiger partial charge >= 0.3 is 5.97 Å². The van der Waals surface area contributed by atoms with Crippen LogP contribution in [0, 0.1) is 11.6 Å². The maximum absolute atomic E-state index is 13.1. The number of halogens is 3. The first-order chi connectivity index (χ1) is 13.8. The molecule has 0 bridgehead atoms. The van der Waals surface area contributed by atoms with Crippen LogP contribution in [0.15, 0.2) is 42.5 Å². The van der Waals surface area contributed by atoms with E-state index in [1.165, 1.54) is 6.07 Å². The predicted molar refractivity (Wildman–Crippen MR) is 101 cm³/mol. The lowest BCUT2D eigenvalue weighted by Crippen LogP contribution is -2.36. The summed E-state index contributed by atoms with van der Waals surface area (Å²) >= 11 is 5.85. The van der Waals surface area contributed by atoms with Gasteiger partial charge in [-0.3, -0.25) is 14.4 Å². The van der Waals surface area contributed by atoms with Gasteiger partial charge in [-0.25, -0.2) is 8.78 Å². The summed E-state index contributed by atoms with van der Waals surface area (Å²) in [5, 5.41) is 5.16. The number of nitrogens with one attached hydrogen (secondary N) is 2. The summed E-state index contributed by atoms with van der Waals surface area (Å²) in [5.74, 6) is -3.96. The maximum Gasteiger partial charge on any atom is 0.317 e. The van der Waals surface area contributed by atoms with Crippen molar-refractivity contribution >= 4 is 35.1 Å². The number of anilines is 1. The summed E-state index contributed by atoms with van der Waals surface area (Å²) < 4.78 is 31.1. The topological polar surface area (TPSA) is 84.5 Å². The molecule has 1 saturated carbocycles. The Hall–Kier alpha value is -3.00. The van der Waals surface area contributed by atoms with Crippen molar-refractivity contribution < 1.29 is 27.9 Å². The third kappa shape index (κ3) is 5.08. The molecular formula is C20H17ClF2N2O4. The quantitative estimate of drug-likeness (QED) is 0.672. The highest BCUT2D eigenvalue weighted by atomic mass is 35.5. The first-order valence-corrected chi connectivity index (χ1v) is 9.13. The maximum atomic E-state index is 13.1. The molecular weight excluding hydrogens is 406 g/mol. The van der Waals surface area contributed by atoms with E-state index in [1.54, 1.807) is 24.3 Å². The number of carbonyl (C=O) groups is 3. The number of benzene rings is 2. The molecule has 2 aromatic carbocycles. The number of esters is 1. The minimum Gasteiger partial charge on any atom is -0.455 e. The molecule has 152 valence electrons. The molecule has 1 aliphatic rings. The first-order valence-electron chi connectivity index (χ1n) is 8.75.